The number of hydrogen-bond donors (Lipinski definition) is 0. The molecule has 2 aromatic rings. The lowest BCUT2D eigenvalue weighted by molar-refractivity contribution is -0.327. The molecule has 1 aliphatic rings. The highest BCUT2D eigenvalue weighted by Gasteiger charge is 2.71. The molecule has 0 aliphatic carbocycles. The van der Waals surface area contributed by atoms with Crippen LogP contribution in [0, 0.1) is 0 Å². The average molecular weight is 466 g/mol. The quantitative estimate of drug-likeness (QED) is 0.326. The molecule has 1 heterocycles. The summed E-state index contributed by atoms with van der Waals surface area (Å²) in [6, 6.07) is 16.5. The van der Waals surface area contributed by atoms with E-state index in [1.54, 1.807) is 60.7 Å². The Morgan fingerprint density at radius 2 is 1.26 bits per heavy atom. The first-order valence-electron chi connectivity index (χ1n) is 10.6. The van der Waals surface area contributed by atoms with Gasteiger partial charge in [-0.25, -0.2) is 14.4 Å². The number of carbonyl (C=O) groups is 3. The predicted octanol–water partition coefficient (Wildman–Crippen LogP) is 4.11. The highest BCUT2D eigenvalue weighted by atomic mass is 16.8. The van der Waals surface area contributed by atoms with E-state index in [2.05, 4.69) is 13.2 Å². The number of benzene rings is 2. The van der Waals surface area contributed by atoms with Crippen molar-refractivity contribution in [3.8, 4) is 11.5 Å². The Hall–Kier alpha value is -4.07. The SMILES string of the molecule is C=C(C)C(=O)OC1(OC(=O)C(=C)C)CCCOC(=O)C1(Oc1ccccc1)Oc1ccccc1. The summed E-state index contributed by atoms with van der Waals surface area (Å²) >= 11 is 0. The Morgan fingerprint density at radius 1 is 0.824 bits per heavy atom. The van der Waals surface area contributed by atoms with Gasteiger partial charge in [-0.2, -0.15) is 0 Å². The fourth-order valence-electron chi connectivity index (χ4n) is 3.18. The zero-order valence-corrected chi connectivity index (χ0v) is 19.1. The first-order chi connectivity index (χ1) is 16.2. The maximum Gasteiger partial charge on any atom is 0.431 e. The molecular weight excluding hydrogens is 440 g/mol. The Bertz CT molecular complexity index is 1000. The van der Waals surface area contributed by atoms with Crippen LogP contribution in [-0.2, 0) is 28.6 Å². The summed E-state index contributed by atoms with van der Waals surface area (Å²) in [5.74, 6) is -7.44. The molecule has 34 heavy (non-hydrogen) atoms. The van der Waals surface area contributed by atoms with Crippen LogP contribution in [-0.4, -0.2) is 36.1 Å². The lowest BCUT2D eigenvalue weighted by Gasteiger charge is -2.43. The van der Waals surface area contributed by atoms with Gasteiger partial charge in [0.25, 0.3) is 0 Å². The second-order valence-corrected chi connectivity index (χ2v) is 7.78. The van der Waals surface area contributed by atoms with Gasteiger partial charge < -0.3 is 23.7 Å². The fourth-order valence-corrected chi connectivity index (χ4v) is 3.18. The van der Waals surface area contributed by atoms with Crippen molar-refractivity contribution in [3.63, 3.8) is 0 Å². The smallest absolute Gasteiger partial charge is 0.431 e. The van der Waals surface area contributed by atoms with Gasteiger partial charge in [0.05, 0.1) is 6.61 Å². The van der Waals surface area contributed by atoms with Crippen LogP contribution in [0.4, 0.5) is 0 Å². The van der Waals surface area contributed by atoms with Crippen LogP contribution in [0.1, 0.15) is 26.7 Å². The lowest BCUT2D eigenvalue weighted by atomic mass is 9.99. The van der Waals surface area contributed by atoms with Crippen LogP contribution in [0.15, 0.2) is 85.0 Å². The summed E-state index contributed by atoms with van der Waals surface area (Å²) in [6.45, 7) is 9.98. The molecule has 0 bridgehead atoms. The summed E-state index contributed by atoms with van der Waals surface area (Å²) in [5, 5.41) is 0. The van der Waals surface area contributed by atoms with Gasteiger partial charge in [-0.15, -0.1) is 0 Å². The third-order valence-electron chi connectivity index (χ3n) is 4.88. The summed E-state index contributed by atoms with van der Waals surface area (Å²) < 4.78 is 29.0. The zero-order chi connectivity index (χ0) is 24.8. The van der Waals surface area contributed by atoms with E-state index in [1.165, 1.54) is 13.8 Å². The maximum atomic E-state index is 13.6. The van der Waals surface area contributed by atoms with Crippen molar-refractivity contribution in [2.24, 2.45) is 0 Å². The second-order valence-electron chi connectivity index (χ2n) is 7.78. The van der Waals surface area contributed by atoms with Crippen LogP contribution in [0.5, 0.6) is 11.5 Å². The van der Waals surface area contributed by atoms with Gasteiger partial charge in [0.15, 0.2) is 0 Å². The molecule has 0 radical (unpaired) electrons. The summed E-state index contributed by atoms with van der Waals surface area (Å²) in [7, 11) is 0. The molecule has 178 valence electrons. The maximum absolute atomic E-state index is 13.6. The fraction of sp³-hybridized carbons (Fsp3) is 0.269. The Morgan fingerprint density at radius 3 is 1.68 bits per heavy atom. The van der Waals surface area contributed by atoms with Crippen molar-refractivity contribution >= 4 is 17.9 Å². The number of esters is 3. The third kappa shape index (κ3) is 5.11. The van der Waals surface area contributed by atoms with Crippen LogP contribution >= 0.6 is 0 Å². The van der Waals surface area contributed by atoms with Gasteiger partial charge in [-0.05, 0) is 44.5 Å². The second kappa shape index (κ2) is 10.2. The van der Waals surface area contributed by atoms with E-state index in [0.29, 0.717) is 0 Å². The van der Waals surface area contributed by atoms with E-state index in [4.69, 9.17) is 23.7 Å². The van der Waals surface area contributed by atoms with Gasteiger partial charge in [0.1, 0.15) is 11.5 Å². The van der Waals surface area contributed by atoms with Gasteiger partial charge in [0, 0.05) is 17.6 Å². The minimum atomic E-state index is -2.55. The first kappa shape index (κ1) is 24.6. The lowest BCUT2D eigenvalue weighted by Crippen LogP contribution is -2.69. The van der Waals surface area contributed by atoms with E-state index in [-0.39, 0.29) is 42.1 Å². The number of ether oxygens (including phenoxy) is 5. The van der Waals surface area contributed by atoms with E-state index in [9.17, 15) is 14.4 Å². The van der Waals surface area contributed by atoms with Crippen LogP contribution < -0.4 is 9.47 Å². The highest BCUT2D eigenvalue weighted by Crippen LogP contribution is 2.42. The Balaban J connectivity index is 2.28. The normalized spacial score (nSPS) is 16.2. The molecule has 0 N–H and O–H groups in total. The third-order valence-corrected chi connectivity index (χ3v) is 4.88. The van der Waals surface area contributed by atoms with Crippen molar-refractivity contribution in [2.75, 3.05) is 6.61 Å². The molecule has 0 aromatic heterocycles. The van der Waals surface area contributed by atoms with E-state index < -0.39 is 29.5 Å². The molecule has 0 amide bonds. The van der Waals surface area contributed by atoms with Crippen molar-refractivity contribution < 1.29 is 38.1 Å². The molecule has 8 heteroatoms. The molecule has 8 nitrogen and oxygen atoms in total. The molecule has 1 saturated heterocycles. The van der Waals surface area contributed by atoms with Crippen molar-refractivity contribution in [2.45, 2.75) is 38.3 Å². The van der Waals surface area contributed by atoms with Gasteiger partial charge in [-0.1, -0.05) is 49.6 Å². The van der Waals surface area contributed by atoms with Crippen molar-refractivity contribution in [3.05, 3.63) is 85.0 Å². The van der Waals surface area contributed by atoms with Gasteiger partial charge in [0.2, 0.25) is 0 Å². The summed E-state index contributed by atoms with van der Waals surface area (Å²) in [4.78, 5) is 39.1. The van der Waals surface area contributed by atoms with E-state index >= 15 is 0 Å². The number of hydrogen-bond acceptors (Lipinski definition) is 8. The molecule has 0 unspecified atom stereocenters. The highest BCUT2D eigenvalue weighted by molar-refractivity contribution is 5.91. The minimum Gasteiger partial charge on any atom is -0.460 e. The molecule has 0 atom stereocenters. The largest absolute Gasteiger partial charge is 0.460 e. The van der Waals surface area contributed by atoms with Crippen LogP contribution in [0.2, 0.25) is 0 Å². The summed E-state index contributed by atoms with van der Waals surface area (Å²) in [6.07, 6.45) is 0.00712. The first-order valence-corrected chi connectivity index (χ1v) is 10.6. The molecule has 1 fully saturated rings. The van der Waals surface area contributed by atoms with Crippen LogP contribution in [0.25, 0.3) is 0 Å². The molecule has 3 rings (SSSR count). The Kier molecular flexibility index (Phi) is 7.40. The van der Waals surface area contributed by atoms with Crippen molar-refractivity contribution in [1.29, 1.82) is 0 Å². The van der Waals surface area contributed by atoms with Crippen molar-refractivity contribution in [1.82, 2.24) is 0 Å². The topological polar surface area (TPSA) is 97.4 Å². The average Bonchev–Trinajstić information content (AvgIpc) is 2.93. The monoisotopic (exact) mass is 466 g/mol. The van der Waals surface area contributed by atoms with Gasteiger partial charge >= 0.3 is 29.5 Å². The molecule has 1 aliphatic heterocycles. The van der Waals surface area contributed by atoms with Crippen LogP contribution in [0.3, 0.4) is 0 Å². The molecular formula is C26H26O8. The zero-order valence-electron chi connectivity index (χ0n) is 19.1. The number of carbonyl (C=O) groups excluding carboxylic acids is 3. The minimum absolute atomic E-state index is 0.0108. The van der Waals surface area contributed by atoms with E-state index in [0.717, 1.165) is 0 Å². The molecule has 2 aromatic carbocycles. The molecule has 0 spiro atoms. The Labute approximate surface area is 197 Å². The number of para-hydroxylation sites is 2. The van der Waals surface area contributed by atoms with E-state index in [1.807, 2.05) is 0 Å². The molecule has 0 saturated carbocycles. The van der Waals surface area contributed by atoms with Gasteiger partial charge in [-0.3, -0.25) is 0 Å². The number of rotatable bonds is 8. The summed E-state index contributed by atoms with van der Waals surface area (Å²) in [5.41, 5.74) is 0.0216. The predicted molar refractivity (Wildman–Crippen MR) is 122 cm³/mol. The standard InChI is InChI=1S/C26H26O8/c1-18(2)22(27)33-25(34-23(28)19(3)4)16-11-17-30-24(29)26(25,31-20-12-7-5-8-13-20)32-21-14-9-6-10-15-21/h5-10,12-15H,1,3,11,16-17H2,2,4H3. The number of cyclic esters (lactones) is 1.